The van der Waals surface area contributed by atoms with Crippen molar-refractivity contribution in [3.63, 3.8) is 0 Å². The summed E-state index contributed by atoms with van der Waals surface area (Å²) in [6.07, 6.45) is 0. The van der Waals surface area contributed by atoms with Gasteiger partial charge in [-0.05, 0) is 183 Å². The van der Waals surface area contributed by atoms with E-state index in [9.17, 15) is 19.8 Å². The number of fused-ring (bicyclic) bond motifs is 2. The van der Waals surface area contributed by atoms with Crippen LogP contribution in [0.25, 0.3) is 63.3 Å². The first-order chi connectivity index (χ1) is 44.3. The van der Waals surface area contributed by atoms with Gasteiger partial charge in [-0.3, -0.25) is 0 Å². The van der Waals surface area contributed by atoms with Gasteiger partial charge in [0, 0.05) is 35.1 Å². The minimum absolute atomic E-state index is 0. The molecule has 0 radical (unpaired) electrons. The Morgan fingerprint density at radius 3 is 0.860 bits per heavy atom. The number of aryl methyl sites for hydroxylation is 5. The first kappa shape index (κ1) is 69.6. The van der Waals surface area contributed by atoms with E-state index < -0.39 is 11.2 Å². The van der Waals surface area contributed by atoms with Crippen molar-refractivity contribution in [2.24, 2.45) is 0 Å². The number of rotatable bonds is 12. The van der Waals surface area contributed by atoms with Gasteiger partial charge in [0.25, 0.3) is 0 Å². The first-order valence-electron chi connectivity index (χ1n) is 30.1. The molecule has 0 fully saturated rings. The van der Waals surface area contributed by atoms with Gasteiger partial charge in [0.15, 0.2) is 0 Å². The van der Waals surface area contributed by atoms with E-state index in [2.05, 4.69) is 203 Å². The number of carbonyl (C=O) groups is 2. The third-order valence-electron chi connectivity index (χ3n) is 15.9. The zero-order valence-corrected chi connectivity index (χ0v) is 59.0. The number of benzene rings is 9. The fraction of sp³-hybridized carbons (Fsp3) is 0.148. The molecule has 12 heteroatoms. The summed E-state index contributed by atoms with van der Waals surface area (Å²) in [6.45, 7) is 16.6. The summed E-state index contributed by atoms with van der Waals surface area (Å²) in [5.74, 6) is 0.749. The van der Waals surface area contributed by atoms with Gasteiger partial charge in [-0.1, -0.05) is 201 Å². The first-order valence-corrected chi connectivity index (χ1v) is 34.4. The van der Waals surface area contributed by atoms with Gasteiger partial charge < -0.3 is 25.6 Å². The Kier molecular flexibility index (Phi) is 23.2. The average Bonchev–Trinajstić information content (AvgIpc) is 1.75. The second-order valence-electron chi connectivity index (χ2n) is 23.4. The van der Waals surface area contributed by atoms with Crippen LogP contribution in [0.5, 0.6) is 0 Å². The molecule has 0 saturated carbocycles. The Balaban J connectivity index is 0.000000206. The Hall–Kier alpha value is -7.76. The van der Waals surface area contributed by atoms with E-state index in [1.165, 1.54) is 48.4 Å². The van der Waals surface area contributed by atoms with Crippen LogP contribution < -0.4 is 18.9 Å². The number of hydrogen-bond acceptors (Lipinski definition) is 10. The standard InChI is InChI=1S/C48H40O2S2.C22H16O4S2.C7H7Br.C4H9.Li/c1-31-5-17-39(18-6-31)47(49,40-19-7-32(2)8-20-40)43-25-27-51-45(43)37-15-13-36-30-38(16-14-35(36)29-37)46-44(26-28-52-46)48(50,41-21-9-33(3)10-22-41)42-23-11-34(4)12-24-42;1-25-21(23)17-7-9-27-19(17)15-5-3-14-12-16(6-4-13(14)11-15)20-18(8-10-28-20)22(24)26-2;1-6-2-4-7(8)5-3-6;1-4(2)3;/h5-30,49-50H,1-4H3;3-12H,1-2H3;2-5H,1H3;1-3H3;/q;;;-1;+1. The van der Waals surface area contributed by atoms with Crippen LogP contribution in [0.15, 0.2) is 244 Å². The van der Waals surface area contributed by atoms with E-state index in [0.717, 1.165) is 123 Å². The van der Waals surface area contributed by atoms with E-state index >= 15 is 0 Å². The number of esters is 2. The van der Waals surface area contributed by atoms with Crippen LogP contribution in [0.1, 0.15) is 103 Å². The minimum atomic E-state index is -1.32. The van der Waals surface area contributed by atoms with Crippen LogP contribution in [-0.2, 0) is 20.7 Å². The van der Waals surface area contributed by atoms with E-state index in [0.29, 0.717) is 11.1 Å². The zero-order chi connectivity index (χ0) is 65.3. The van der Waals surface area contributed by atoms with E-state index in [1.807, 2.05) is 95.7 Å². The number of halogens is 1. The average molecular weight is 1360 g/mol. The summed E-state index contributed by atoms with van der Waals surface area (Å²) < 4.78 is 10.9. The Bertz CT molecular complexity index is 4270. The summed E-state index contributed by atoms with van der Waals surface area (Å²) in [4.78, 5) is 27.8. The molecule has 4 heterocycles. The minimum Gasteiger partial charge on any atom is -0.465 e. The quantitative estimate of drug-likeness (QED) is 0.0719. The molecular formula is C81H72BrLiO6S4. The van der Waals surface area contributed by atoms with Crippen LogP contribution in [0.3, 0.4) is 0 Å². The molecule has 0 unspecified atom stereocenters. The Morgan fingerprint density at radius 1 is 0.366 bits per heavy atom. The topological polar surface area (TPSA) is 93.1 Å². The van der Waals surface area contributed by atoms with Crippen molar-refractivity contribution >= 4 is 94.8 Å². The predicted molar refractivity (Wildman–Crippen MR) is 392 cm³/mol. The number of ether oxygens (including phenoxy) is 2. The molecule has 0 atom stereocenters. The predicted octanol–water partition coefficient (Wildman–Crippen LogP) is 19.4. The molecule has 13 rings (SSSR count). The maximum atomic E-state index is 12.8. The van der Waals surface area contributed by atoms with Gasteiger partial charge in [0.2, 0.25) is 0 Å². The SMILES string of the molecule is COC(=O)c1ccsc1-c1ccc2cc(-c3sccc3C(=O)OC)ccc2c1.C[C-](C)C.Cc1ccc(Br)cc1.Cc1ccc(C(O)(c2ccc(C)cc2)c2ccsc2-c2ccc3cc(-c4sccc4C(O)(c4ccc(C)cc4)c4ccc(C)cc4)ccc3c2)cc1.[Li+]. The van der Waals surface area contributed by atoms with Crippen LogP contribution in [0.2, 0.25) is 0 Å². The molecule has 4 aromatic heterocycles. The van der Waals surface area contributed by atoms with Gasteiger partial charge in [-0.2, -0.15) is 20.8 Å². The van der Waals surface area contributed by atoms with E-state index in [-0.39, 0.29) is 30.8 Å². The molecule has 0 aliphatic carbocycles. The maximum absolute atomic E-state index is 12.8. The van der Waals surface area contributed by atoms with Crippen molar-refractivity contribution in [3.8, 4) is 41.8 Å². The summed E-state index contributed by atoms with van der Waals surface area (Å²) in [5, 5.41) is 37.8. The fourth-order valence-electron chi connectivity index (χ4n) is 11.0. The van der Waals surface area contributed by atoms with Crippen LogP contribution in [-0.4, -0.2) is 36.4 Å². The largest absolute Gasteiger partial charge is 1.00 e. The van der Waals surface area contributed by atoms with Crippen molar-refractivity contribution in [2.45, 2.75) is 66.6 Å². The number of aliphatic hydroxyl groups is 2. The van der Waals surface area contributed by atoms with Crippen molar-refractivity contribution in [3.05, 3.63) is 323 Å². The second kappa shape index (κ2) is 31.0. The van der Waals surface area contributed by atoms with E-state index in [4.69, 9.17) is 9.47 Å². The van der Waals surface area contributed by atoms with Crippen LogP contribution in [0.4, 0.5) is 0 Å². The number of methoxy groups -OCH3 is 2. The van der Waals surface area contributed by atoms with Gasteiger partial charge in [0.05, 0.1) is 25.3 Å². The van der Waals surface area contributed by atoms with Crippen molar-refractivity contribution in [1.29, 1.82) is 0 Å². The van der Waals surface area contributed by atoms with Crippen molar-refractivity contribution < 1.29 is 48.1 Å². The van der Waals surface area contributed by atoms with Crippen LogP contribution in [0, 0.1) is 40.5 Å². The zero-order valence-electron chi connectivity index (χ0n) is 54.1. The number of hydrogen-bond donors (Lipinski definition) is 2. The molecule has 6 nitrogen and oxygen atoms in total. The van der Waals surface area contributed by atoms with Crippen molar-refractivity contribution in [1.82, 2.24) is 0 Å². The molecular weight excluding hydrogens is 1280 g/mol. The molecule has 0 aliphatic rings. The van der Waals surface area contributed by atoms with Gasteiger partial charge in [-0.15, -0.1) is 45.3 Å². The summed E-state index contributed by atoms with van der Waals surface area (Å²) in [7, 11) is 2.78. The van der Waals surface area contributed by atoms with Crippen LogP contribution >= 0.6 is 61.3 Å². The third-order valence-corrected chi connectivity index (χ3v) is 20.3. The van der Waals surface area contributed by atoms with Gasteiger partial charge in [0.1, 0.15) is 11.2 Å². The number of carbonyl (C=O) groups excluding carboxylic acids is 2. The molecule has 0 saturated heterocycles. The van der Waals surface area contributed by atoms with E-state index in [1.54, 1.807) is 34.8 Å². The molecule has 13 aromatic rings. The second-order valence-corrected chi connectivity index (χ2v) is 28.0. The molecule has 0 aliphatic heterocycles. The summed E-state index contributed by atoms with van der Waals surface area (Å²) >= 11 is 9.67. The van der Waals surface area contributed by atoms with Gasteiger partial charge in [-0.25, -0.2) is 9.59 Å². The fourth-order valence-corrected chi connectivity index (χ4v) is 14.9. The normalized spacial score (nSPS) is 11.2. The molecule has 0 amide bonds. The molecule has 2 N–H and O–H groups in total. The summed E-state index contributed by atoms with van der Waals surface area (Å²) in [5.41, 5.74) is 13.6. The number of thiophene rings is 4. The molecule has 0 spiro atoms. The van der Waals surface area contributed by atoms with Crippen molar-refractivity contribution in [2.75, 3.05) is 14.2 Å². The molecule has 9 aromatic carbocycles. The summed E-state index contributed by atoms with van der Waals surface area (Å²) in [6, 6.07) is 74.0. The monoisotopic (exact) mass is 1350 g/mol. The molecule has 0 bridgehead atoms. The smallest absolute Gasteiger partial charge is 0.465 e. The Labute approximate surface area is 583 Å². The van der Waals surface area contributed by atoms with Gasteiger partial charge >= 0.3 is 30.8 Å². The Morgan fingerprint density at radius 2 is 0.602 bits per heavy atom. The molecule has 93 heavy (non-hydrogen) atoms. The maximum Gasteiger partial charge on any atom is 1.00 e. The third kappa shape index (κ3) is 15.7. The molecule has 464 valence electrons.